The number of carbonyl (C=O) groups excluding carboxylic acids is 1. The minimum atomic E-state index is -0.684. The summed E-state index contributed by atoms with van der Waals surface area (Å²) in [4.78, 5) is 14.3. The van der Waals surface area contributed by atoms with E-state index in [1.54, 1.807) is 23.1 Å². The Bertz CT molecular complexity index is 497. The van der Waals surface area contributed by atoms with Gasteiger partial charge in [0.2, 0.25) is 5.91 Å². The molecule has 0 radical (unpaired) electrons. The van der Waals surface area contributed by atoms with E-state index >= 15 is 0 Å². The van der Waals surface area contributed by atoms with Crippen molar-refractivity contribution in [3.8, 4) is 0 Å². The zero-order valence-electron chi connectivity index (χ0n) is 12.0. The van der Waals surface area contributed by atoms with Crippen LogP contribution in [0.2, 0.25) is 0 Å². The second-order valence-electron chi connectivity index (χ2n) is 6.21. The average Bonchev–Trinajstić information content (AvgIpc) is 2.37. The molecule has 0 bridgehead atoms. The van der Waals surface area contributed by atoms with Gasteiger partial charge in [0.05, 0.1) is 11.2 Å². The highest BCUT2D eigenvalue weighted by Crippen LogP contribution is 2.33. The molecular formula is C15H21FN2O. The summed E-state index contributed by atoms with van der Waals surface area (Å²) in [7, 11) is 0. The number of nitrogens with one attached hydrogen (secondary N) is 1. The van der Waals surface area contributed by atoms with Gasteiger partial charge >= 0.3 is 0 Å². The molecular weight excluding hydrogens is 243 g/mol. The van der Waals surface area contributed by atoms with E-state index in [9.17, 15) is 9.18 Å². The number of amides is 1. The van der Waals surface area contributed by atoms with Crippen molar-refractivity contribution < 1.29 is 9.18 Å². The molecule has 4 heteroatoms. The number of rotatable bonds is 1. The Morgan fingerprint density at radius 2 is 1.84 bits per heavy atom. The summed E-state index contributed by atoms with van der Waals surface area (Å²) in [6.07, 6.45) is 0.774. The third kappa shape index (κ3) is 2.50. The molecule has 1 fully saturated rings. The van der Waals surface area contributed by atoms with Crippen molar-refractivity contribution in [3.63, 3.8) is 0 Å². The van der Waals surface area contributed by atoms with E-state index in [4.69, 9.17) is 0 Å². The van der Waals surface area contributed by atoms with Crippen molar-refractivity contribution in [2.45, 2.75) is 45.2 Å². The SMILES string of the molecule is CC1(C)NCCC(C)(C)N(c2ccccc2F)C1=O. The lowest BCUT2D eigenvalue weighted by atomic mass is 9.96. The maximum atomic E-state index is 14.1. The quantitative estimate of drug-likeness (QED) is 0.846. The van der Waals surface area contributed by atoms with Gasteiger partial charge in [-0.05, 0) is 52.8 Å². The lowest BCUT2D eigenvalue weighted by Gasteiger charge is -2.39. The first kappa shape index (κ1) is 14.0. The topological polar surface area (TPSA) is 32.3 Å². The molecule has 0 atom stereocenters. The molecule has 0 unspecified atom stereocenters. The summed E-state index contributed by atoms with van der Waals surface area (Å²) in [5, 5.41) is 3.23. The first-order valence-electron chi connectivity index (χ1n) is 6.60. The molecule has 1 saturated heterocycles. The third-order valence-corrected chi connectivity index (χ3v) is 3.74. The van der Waals surface area contributed by atoms with Gasteiger partial charge in [0.25, 0.3) is 0 Å². The molecule has 0 aromatic heterocycles. The minimum Gasteiger partial charge on any atom is -0.304 e. The Morgan fingerprint density at radius 1 is 1.21 bits per heavy atom. The van der Waals surface area contributed by atoms with Crippen molar-refractivity contribution in [1.29, 1.82) is 0 Å². The average molecular weight is 264 g/mol. The van der Waals surface area contributed by atoms with E-state index in [0.29, 0.717) is 5.69 Å². The molecule has 1 aliphatic rings. The first-order chi connectivity index (χ1) is 8.76. The molecule has 3 nitrogen and oxygen atoms in total. The van der Waals surface area contributed by atoms with Crippen LogP contribution >= 0.6 is 0 Å². The van der Waals surface area contributed by atoms with E-state index in [1.165, 1.54) is 6.07 Å². The van der Waals surface area contributed by atoms with Crippen LogP contribution in [-0.2, 0) is 4.79 Å². The van der Waals surface area contributed by atoms with Crippen LogP contribution in [0.1, 0.15) is 34.1 Å². The van der Waals surface area contributed by atoms with Crippen molar-refractivity contribution in [2.24, 2.45) is 0 Å². The van der Waals surface area contributed by atoms with E-state index in [1.807, 2.05) is 27.7 Å². The number of para-hydroxylation sites is 1. The second-order valence-corrected chi connectivity index (χ2v) is 6.21. The summed E-state index contributed by atoms with van der Waals surface area (Å²) in [6.45, 7) is 8.35. The van der Waals surface area contributed by atoms with Gasteiger partial charge in [-0.15, -0.1) is 0 Å². The highest BCUT2D eigenvalue weighted by atomic mass is 19.1. The summed E-state index contributed by atoms with van der Waals surface area (Å²) in [5.74, 6) is -0.457. The second kappa shape index (κ2) is 4.60. The van der Waals surface area contributed by atoms with Crippen LogP contribution in [0.5, 0.6) is 0 Å². The Hall–Kier alpha value is -1.42. The zero-order valence-corrected chi connectivity index (χ0v) is 12.0. The largest absolute Gasteiger partial charge is 0.304 e. The molecule has 0 aliphatic carbocycles. The maximum absolute atomic E-state index is 14.1. The van der Waals surface area contributed by atoms with Crippen LogP contribution in [0.3, 0.4) is 0 Å². The summed E-state index contributed by atoms with van der Waals surface area (Å²) in [6, 6.07) is 6.45. The van der Waals surface area contributed by atoms with Gasteiger partial charge in [-0.25, -0.2) is 4.39 Å². The van der Waals surface area contributed by atoms with Gasteiger partial charge in [-0.3, -0.25) is 4.79 Å². The van der Waals surface area contributed by atoms with Gasteiger partial charge in [0.15, 0.2) is 0 Å². The fraction of sp³-hybridized carbons (Fsp3) is 0.533. The van der Waals surface area contributed by atoms with Gasteiger partial charge in [0.1, 0.15) is 5.82 Å². The number of anilines is 1. The van der Waals surface area contributed by atoms with Crippen molar-refractivity contribution >= 4 is 11.6 Å². The lowest BCUT2D eigenvalue weighted by molar-refractivity contribution is -0.124. The van der Waals surface area contributed by atoms with E-state index in [2.05, 4.69) is 5.32 Å². The molecule has 1 aliphatic heterocycles. The Labute approximate surface area is 113 Å². The molecule has 1 N–H and O–H groups in total. The van der Waals surface area contributed by atoms with Crippen LogP contribution in [0, 0.1) is 5.82 Å². The summed E-state index contributed by atoms with van der Waals surface area (Å²) < 4.78 is 14.1. The number of carbonyl (C=O) groups is 1. The smallest absolute Gasteiger partial charge is 0.247 e. The van der Waals surface area contributed by atoms with Crippen LogP contribution in [0.4, 0.5) is 10.1 Å². The number of hydrogen-bond acceptors (Lipinski definition) is 2. The number of hydrogen-bond donors (Lipinski definition) is 1. The molecule has 2 rings (SSSR count). The van der Waals surface area contributed by atoms with Gasteiger partial charge < -0.3 is 10.2 Å². The van der Waals surface area contributed by atoms with Crippen LogP contribution < -0.4 is 10.2 Å². The summed E-state index contributed by atoms with van der Waals surface area (Å²) in [5.41, 5.74) is -0.745. The highest BCUT2D eigenvalue weighted by molar-refractivity contribution is 6.01. The number of halogens is 1. The Kier molecular flexibility index (Phi) is 3.39. The van der Waals surface area contributed by atoms with Crippen molar-refractivity contribution in [2.75, 3.05) is 11.4 Å². The number of nitrogens with zero attached hydrogens (tertiary/aromatic N) is 1. The van der Waals surface area contributed by atoms with E-state index < -0.39 is 11.1 Å². The molecule has 0 saturated carbocycles. The Balaban J connectivity index is 2.55. The van der Waals surface area contributed by atoms with Crippen LogP contribution in [-0.4, -0.2) is 23.5 Å². The third-order valence-electron chi connectivity index (χ3n) is 3.74. The monoisotopic (exact) mass is 264 g/mol. The fourth-order valence-corrected chi connectivity index (χ4v) is 2.49. The van der Waals surface area contributed by atoms with Crippen LogP contribution in [0.25, 0.3) is 0 Å². The molecule has 1 amide bonds. The predicted octanol–water partition coefficient (Wildman–Crippen LogP) is 2.71. The van der Waals surface area contributed by atoms with Crippen molar-refractivity contribution in [1.82, 2.24) is 5.32 Å². The molecule has 104 valence electrons. The predicted molar refractivity (Wildman–Crippen MR) is 74.7 cm³/mol. The van der Waals surface area contributed by atoms with Crippen LogP contribution in [0.15, 0.2) is 24.3 Å². The van der Waals surface area contributed by atoms with Gasteiger partial charge in [-0.1, -0.05) is 12.1 Å². The highest BCUT2D eigenvalue weighted by Gasteiger charge is 2.43. The first-order valence-corrected chi connectivity index (χ1v) is 6.60. The normalized spacial score (nSPS) is 22.2. The van der Waals surface area contributed by atoms with Gasteiger partial charge in [-0.2, -0.15) is 0 Å². The molecule has 1 aromatic carbocycles. The maximum Gasteiger partial charge on any atom is 0.247 e. The standard InChI is InChI=1S/C15H21FN2O/c1-14(2)9-10-17-15(3,4)13(19)18(14)12-8-6-5-7-11(12)16/h5-8,17H,9-10H2,1-4H3. The lowest BCUT2D eigenvalue weighted by Crippen LogP contribution is -2.56. The molecule has 1 aromatic rings. The van der Waals surface area contributed by atoms with Gasteiger partial charge in [0, 0.05) is 5.54 Å². The molecule has 0 spiro atoms. The van der Waals surface area contributed by atoms with Crippen molar-refractivity contribution in [3.05, 3.63) is 30.1 Å². The Morgan fingerprint density at radius 3 is 2.47 bits per heavy atom. The number of benzene rings is 1. The van der Waals surface area contributed by atoms with E-state index in [-0.39, 0.29) is 11.7 Å². The fourth-order valence-electron chi connectivity index (χ4n) is 2.49. The van der Waals surface area contributed by atoms with E-state index in [0.717, 1.165) is 13.0 Å². The minimum absolute atomic E-state index is 0.0971. The zero-order chi connectivity index (χ0) is 14.3. The molecule has 1 heterocycles. The summed E-state index contributed by atoms with van der Waals surface area (Å²) >= 11 is 0. The molecule has 19 heavy (non-hydrogen) atoms.